The quantitative estimate of drug-likeness (QED) is 0.207. The minimum Gasteiger partial charge on any atom is -0.382 e. The Labute approximate surface area is 195 Å². The van der Waals surface area contributed by atoms with Crippen LogP contribution in [0.5, 0.6) is 0 Å². The van der Waals surface area contributed by atoms with Gasteiger partial charge in [0, 0.05) is 26.5 Å². The van der Waals surface area contributed by atoms with Crippen LogP contribution >= 0.6 is 0 Å². The van der Waals surface area contributed by atoms with E-state index in [1.165, 1.54) is 0 Å². The van der Waals surface area contributed by atoms with E-state index in [0.717, 1.165) is 5.56 Å². The van der Waals surface area contributed by atoms with Gasteiger partial charge >= 0.3 is 0 Å². The molecule has 0 aromatic heterocycles. The molecule has 0 spiro atoms. The Bertz CT molecular complexity index is 689. The molecule has 186 valence electrons. The molecule has 0 saturated carbocycles. The molecule has 33 heavy (non-hydrogen) atoms. The second-order valence-electron chi connectivity index (χ2n) is 7.57. The SMILES string of the molecule is COCCOCCOCCC(=O)NCCCC[C@H](N)C(=O)N[C@@H](Cc1ccccc1)C(N)=O. The summed E-state index contributed by atoms with van der Waals surface area (Å²) in [7, 11) is 1.61. The topological polar surface area (TPSA) is 155 Å². The lowest BCUT2D eigenvalue weighted by molar-refractivity contribution is -0.128. The van der Waals surface area contributed by atoms with Crippen LogP contribution in [0.25, 0.3) is 0 Å². The van der Waals surface area contributed by atoms with Crippen LogP contribution in [0.1, 0.15) is 31.2 Å². The number of amides is 3. The molecule has 3 amide bonds. The number of hydrogen-bond donors (Lipinski definition) is 4. The van der Waals surface area contributed by atoms with Crippen molar-refractivity contribution >= 4 is 17.7 Å². The van der Waals surface area contributed by atoms with Crippen LogP contribution in [0, 0.1) is 0 Å². The Morgan fingerprint density at radius 2 is 1.64 bits per heavy atom. The fourth-order valence-electron chi connectivity index (χ4n) is 2.92. The number of nitrogens with one attached hydrogen (secondary N) is 2. The van der Waals surface area contributed by atoms with E-state index in [0.29, 0.717) is 65.3 Å². The summed E-state index contributed by atoms with van der Waals surface area (Å²) in [5, 5.41) is 5.44. The monoisotopic (exact) mass is 466 g/mol. The molecule has 2 atom stereocenters. The molecule has 0 saturated heterocycles. The highest BCUT2D eigenvalue weighted by atomic mass is 16.5. The first-order valence-electron chi connectivity index (χ1n) is 11.2. The van der Waals surface area contributed by atoms with Gasteiger partial charge in [0.2, 0.25) is 17.7 Å². The van der Waals surface area contributed by atoms with Gasteiger partial charge in [0.1, 0.15) is 6.04 Å². The predicted octanol–water partition coefficient (Wildman–Crippen LogP) is -0.117. The molecule has 0 aliphatic rings. The third-order valence-corrected chi connectivity index (χ3v) is 4.82. The average Bonchev–Trinajstić information content (AvgIpc) is 2.80. The Kier molecular flexibility index (Phi) is 15.5. The third-order valence-electron chi connectivity index (χ3n) is 4.82. The zero-order valence-corrected chi connectivity index (χ0v) is 19.4. The fraction of sp³-hybridized carbons (Fsp3) is 0.609. The Balaban J connectivity index is 2.11. The van der Waals surface area contributed by atoms with Crippen LogP contribution in [0.2, 0.25) is 0 Å². The molecule has 10 heteroatoms. The summed E-state index contributed by atoms with van der Waals surface area (Å²) >= 11 is 0. The Morgan fingerprint density at radius 1 is 0.970 bits per heavy atom. The maximum atomic E-state index is 12.3. The van der Waals surface area contributed by atoms with Gasteiger partial charge in [-0.1, -0.05) is 30.3 Å². The molecule has 0 aliphatic carbocycles. The lowest BCUT2D eigenvalue weighted by atomic mass is 10.0. The van der Waals surface area contributed by atoms with Crippen molar-refractivity contribution in [1.29, 1.82) is 0 Å². The first kappa shape index (κ1) is 28.5. The molecular weight excluding hydrogens is 428 g/mol. The van der Waals surface area contributed by atoms with E-state index in [4.69, 9.17) is 25.7 Å². The molecule has 0 aliphatic heterocycles. The predicted molar refractivity (Wildman–Crippen MR) is 124 cm³/mol. The maximum absolute atomic E-state index is 12.3. The van der Waals surface area contributed by atoms with Gasteiger partial charge in [-0.05, 0) is 24.8 Å². The second kappa shape index (κ2) is 18.0. The van der Waals surface area contributed by atoms with E-state index < -0.39 is 23.9 Å². The number of hydrogen-bond acceptors (Lipinski definition) is 7. The van der Waals surface area contributed by atoms with E-state index in [1.807, 2.05) is 30.3 Å². The number of carbonyl (C=O) groups excluding carboxylic acids is 3. The maximum Gasteiger partial charge on any atom is 0.240 e. The van der Waals surface area contributed by atoms with E-state index in [9.17, 15) is 14.4 Å². The molecule has 0 radical (unpaired) electrons. The molecule has 10 nitrogen and oxygen atoms in total. The molecule has 1 rings (SSSR count). The highest BCUT2D eigenvalue weighted by molar-refractivity contribution is 5.89. The highest BCUT2D eigenvalue weighted by Crippen LogP contribution is 2.05. The molecular formula is C23H38N4O6. The van der Waals surface area contributed by atoms with Gasteiger partial charge in [0.05, 0.1) is 39.1 Å². The number of carbonyl (C=O) groups is 3. The van der Waals surface area contributed by atoms with Crippen LogP contribution in [0.15, 0.2) is 30.3 Å². The van der Waals surface area contributed by atoms with Gasteiger partial charge < -0.3 is 36.3 Å². The fourth-order valence-corrected chi connectivity index (χ4v) is 2.92. The van der Waals surface area contributed by atoms with Crippen molar-refractivity contribution in [2.24, 2.45) is 11.5 Å². The van der Waals surface area contributed by atoms with E-state index >= 15 is 0 Å². The van der Waals surface area contributed by atoms with Crippen molar-refractivity contribution in [2.45, 2.75) is 44.2 Å². The van der Waals surface area contributed by atoms with Crippen LogP contribution < -0.4 is 22.1 Å². The lowest BCUT2D eigenvalue weighted by Gasteiger charge is -2.18. The molecule has 1 aromatic carbocycles. The van der Waals surface area contributed by atoms with E-state index in [-0.39, 0.29) is 12.3 Å². The van der Waals surface area contributed by atoms with Gasteiger partial charge in [0.15, 0.2) is 0 Å². The van der Waals surface area contributed by atoms with Crippen molar-refractivity contribution in [3.63, 3.8) is 0 Å². The normalized spacial score (nSPS) is 12.7. The molecule has 0 fully saturated rings. The first-order valence-corrected chi connectivity index (χ1v) is 11.2. The van der Waals surface area contributed by atoms with Gasteiger partial charge in [-0.25, -0.2) is 0 Å². The number of ether oxygens (including phenoxy) is 3. The van der Waals surface area contributed by atoms with Gasteiger partial charge in [0.25, 0.3) is 0 Å². The van der Waals surface area contributed by atoms with Crippen molar-refractivity contribution < 1.29 is 28.6 Å². The summed E-state index contributed by atoms with van der Waals surface area (Å²) in [5.41, 5.74) is 12.3. The van der Waals surface area contributed by atoms with E-state index in [2.05, 4.69) is 10.6 Å². The van der Waals surface area contributed by atoms with Crippen LogP contribution in [0.4, 0.5) is 0 Å². The summed E-state index contributed by atoms with van der Waals surface area (Å²) in [6.07, 6.45) is 2.36. The number of methoxy groups -OCH3 is 1. The Hall–Kier alpha value is -2.53. The van der Waals surface area contributed by atoms with Crippen LogP contribution in [-0.2, 0) is 35.0 Å². The number of nitrogens with two attached hydrogens (primary N) is 2. The molecule has 0 heterocycles. The number of benzene rings is 1. The number of unbranched alkanes of at least 4 members (excludes halogenated alkanes) is 1. The largest absolute Gasteiger partial charge is 0.382 e. The average molecular weight is 467 g/mol. The van der Waals surface area contributed by atoms with Crippen molar-refractivity contribution in [3.05, 3.63) is 35.9 Å². The molecule has 0 bridgehead atoms. The minimum atomic E-state index is -0.815. The van der Waals surface area contributed by atoms with E-state index in [1.54, 1.807) is 7.11 Å². The number of primary amides is 1. The van der Waals surface area contributed by atoms with Crippen LogP contribution in [-0.4, -0.2) is 76.5 Å². The van der Waals surface area contributed by atoms with Gasteiger partial charge in [-0.3, -0.25) is 14.4 Å². The number of rotatable bonds is 19. The summed E-state index contributed by atoms with van der Waals surface area (Å²) in [5.74, 6) is -1.12. The first-order chi connectivity index (χ1) is 15.9. The second-order valence-corrected chi connectivity index (χ2v) is 7.57. The summed E-state index contributed by atoms with van der Waals surface area (Å²) < 4.78 is 15.5. The van der Waals surface area contributed by atoms with Crippen LogP contribution in [0.3, 0.4) is 0 Å². The van der Waals surface area contributed by atoms with Gasteiger partial charge in [-0.2, -0.15) is 0 Å². The van der Waals surface area contributed by atoms with Crippen molar-refractivity contribution in [3.8, 4) is 0 Å². The van der Waals surface area contributed by atoms with Crippen molar-refractivity contribution in [1.82, 2.24) is 10.6 Å². The zero-order chi connectivity index (χ0) is 24.3. The Morgan fingerprint density at radius 3 is 2.30 bits per heavy atom. The third kappa shape index (κ3) is 14.3. The highest BCUT2D eigenvalue weighted by Gasteiger charge is 2.22. The molecule has 1 aromatic rings. The zero-order valence-electron chi connectivity index (χ0n) is 19.4. The smallest absolute Gasteiger partial charge is 0.240 e. The summed E-state index contributed by atoms with van der Waals surface area (Å²) in [6.45, 7) is 2.77. The standard InChI is InChI=1S/C23H38N4O6/c1-31-13-14-33-16-15-32-12-10-21(28)26-11-6-5-9-19(24)23(30)27-20(22(25)29)17-18-7-3-2-4-8-18/h2-4,7-8,19-20H,5-6,9-17,24H2,1H3,(H2,25,29)(H,26,28)(H,27,30)/t19-,20-/m0/s1. The summed E-state index contributed by atoms with van der Waals surface area (Å²) in [6, 6.07) is 7.74. The molecule has 6 N–H and O–H groups in total. The minimum absolute atomic E-state index is 0.0949. The van der Waals surface area contributed by atoms with Crippen molar-refractivity contribution in [2.75, 3.05) is 46.7 Å². The lowest BCUT2D eigenvalue weighted by Crippen LogP contribution is -2.51. The summed E-state index contributed by atoms with van der Waals surface area (Å²) in [4.78, 5) is 35.8. The molecule has 0 unspecified atom stereocenters. The van der Waals surface area contributed by atoms with Gasteiger partial charge in [-0.15, -0.1) is 0 Å².